The summed E-state index contributed by atoms with van der Waals surface area (Å²) in [6.45, 7) is 4.42. The maximum Gasteiger partial charge on any atom is 0.125 e. The van der Waals surface area contributed by atoms with Crippen molar-refractivity contribution in [1.29, 1.82) is 0 Å². The van der Waals surface area contributed by atoms with E-state index in [0.29, 0.717) is 11.9 Å². The highest BCUT2D eigenvalue weighted by Crippen LogP contribution is 2.48. The fourth-order valence-corrected chi connectivity index (χ4v) is 3.24. The molecule has 1 aromatic heterocycles. The lowest BCUT2D eigenvalue weighted by Gasteiger charge is -2.08. The molecule has 1 aliphatic rings. The molecule has 18 heavy (non-hydrogen) atoms. The van der Waals surface area contributed by atoms with Crippen LogP contribution in [0.25, 0.3) is 11.0 Å². The summed E-state index contributed by atoms with van der Waals surface area (Å²) < 4.78 is 2.40. The van der Waals surface area contributed by atoms with Gasteiger partial charge in [0.2, 0.25) is 0 Å². The summed E-state index contributed by atoms with van der Waals surface area (Å²) >= 11 is 6.07. The average Bonchev–Trinajstić information content (AvgIpc) is 3.00. The van der Waals surface area contributed by atoms with Gasteiger partial charge in [-0.1, -0.05) is 25.5 Å². The minimum absolute atomic E-state index is 0.503. The minimum atomic E-state index is 0.503. The molecule has 0 amide bonds. The van der Waals surface area contributed by atoms with Crippen molar-refractivity contribution in [2.24, 2.45) is 5.92 Å². The van der Waals surface area contributed by atoms with Gasteiger partial charge >= 0.3 is 0 Å². The largest absolute Gasteiger partial charge is 0.323 e. The van der Waals surface area contributed by atoms with Gasteiger partial charge < -0.3 is 4.57 Å². The van der Waals surface area contributed by atoms with Crippen molar-refractivity contribution in [2.75, 3.05) is 0 Å². The molecule has 2 unspecified atom stereocenters. The molecule has 1 saturated carbocycles. The standard InChI is InChI=1S/C15H19ClN2/c1-3-5-11-8-13(11)18-14(9-16)17-12-7-4-6-10(2)15(12)18/h4,6-7,11,13H,3,5,8-9H2,1-2H3. The highest BCUT2D eigenvalue weighted by Gasteiger charge is 2.39. The molecule has 0 saturated heterocycles. The number of aromatic nitrogens is 2. The SMILES string of the molecule is CCCC1CC1n1c(CCl)nc2cccc(C)c21. The van der Waals surface area contributed by atoms with Gasteiger partial charge in [-0.05, 0) is 37.3 Å². The number of fused-ring (bicyclic) bond motifs is 1. The number of alkyl halides is 1. The molecule has 2 nitrogen and oxygen atoms in total. The van der Waals surface area contributed by atoms with Crippen molar-refractivity contribution >= 4 is 22.6 Å². The fraction of sp³-hybridized carbons (Fsp3) is 0.533. The van der Waals surface area contributed by atoms with Crippen LogP contribution in [0.5, 0.6) is 0 Å². The molecule has 0 spiro atoms. The van der Waals surface area contributed by atoms with E-state index in [-0.39, 0.29) is 0 Å². The van der Waals surface area contributed by atoms with Gasteiger partial charge in [0.25, 0.3) is 0 Å². The Morgan fingerprint density at radius 3 is 3.00 bits per heavy atom. The lowest BCUT2D eigenvalue weighted by atomic mass is 10.2. The molecular formula is C15H19ClN2. The number of hydrogen-bond donors (Lipinski definition) is 0. The lowest BCUT2D eigenvalue weighted by Crippen LogP contribution is -2.02. The van der Waals surface area contributed by atoms with Crippen LogP contribution in [0, 0.1) is 12.8 Å². The number of rotatable bonds is 4. The van der Waals surface area contributed by atoms with Crippen LogP contribution >= 0.6 is 11.6 Å². The van der Waals surface area contributed by atoms with Crippen molar-refractivity contribution in [3.05, 3.63) is 29.6 Å². The van der Waals surface area contributed by atoms with Crippen LogP contribution in [0.4, 0.5) is 0 Å². The molecule has 1 aliphatic carbocycles. The second-order valence-electron chi connectivity index (χ2n) is 5.33. The molecule has 0 radical (unpaired) electrons. The Morgan fingerprint density at radius 2 is 2.28 bits per heavy atom. The van der Waals surface area contributed by atoms with Crippen molar-refractivity contribution in [3.63, 3.8) is 0 Å². The summed E-state index contributed by atoms with van der Waals surface area (Å²) in [7, 11) is 0. The first-order valence-electron chi connectivity index (χ1n) is 6.78. The Balaban J connectivity index is 2.09. The van der Waals surface area contributed by atoms with Crippen LogP contribution in [0.3, 0.4) is 0 Å². The summed E-state index contributed by atoms with van der Waals surface area (Å²) in [6.07, 6.45) is 3.87. The van der Waals surface area contributed by atoms with Gasteiger partial charge in [0.1, 0.15) is 5.82 Å². The smallest absolute Gasteiger partial charge is 0.125 e. The van der Waals surface area contributed by atoms with Gasteiger partial charge in [0.15, 0.2) is 0 Å². The molecule has 1 aromatic carbocycles. The Hall–Kier alpha value is -1.02. The van der Waals surface area contributed by atoms with E-state index in [4.69, 9.17) is 11.6 Å². The summed E-state index contributed by atoms with van der Waals surface area (Å²) in [5.41, 5.74) is 3.68. The van der Waals surface area contributed by atoms with Gasteiger partial charge in [0.05, 0.1) is 16.9 Å². The van der Waals surface area contributed by atoms with Gasteiger partial charge in [-0.3, -0.25) is 0 Å². The van der Waals surface area contributed by atoms with Crippen LogP contribution in [0.1, 0.15) is 43.6 Å². The Morgan fingerprint density at radius 1 is 1.44 bits per heavy atom. The van der Waals surface area contributed by atoms with Crippen LogP contribution in [0.2, 0.25) is 0 Å². The number of benzene rings is 1. The highest BCUT2D eigenvalue weighted by atomic mass is 35.5. The molecule has 1 heterocycles. The number of para-hydroxylation sites is 1. The predicted octanol–water partition coefficient (Wildman–Crippen LogP) is 4.44. The molecule has 0 N–H and O–H groups in total. The first-order valence-corrected chi connectivity index (χ1v) is 7.32. The number of halogens is 1. The van der Waals surface area contributed by atoms with E-state index in [9.17, 15) is 0 Å². The molecule has 96 valence electrons. The zero-order valence-corrected chi connectivity index (χ0v) is 11.7. The number of aryl methyl sites for hydroxylation is 1. The third-order valence-electron chi connectivity index (χ3n) is 3.98. The third-order valence-corrected chi connectivity index (χ3v) is 4.22. The summed E-state index contributed by atoms with van der Waals surface area (Å²) in [4.78, 5) is 4.68. The van der Waals surface area contributed by atoms with E-state index in [2.05, 4.69) is 41.6 Å². The first-order chi connectivity index (χ1) is 8.76. The maximum atomic E-state index is 6.07. The molecule has 1 fully saturated rings. The minimum Gasteiger partial charge on any atom is -0.323 e. The van der Waals surface area contributed by atoms with Crippen LogP contribution in [0.15, 0.2) is 18.2 Å². The van der Waals surface area contributed by atoms with Crippen molar-refractivity contribution in [1.82, 2.24) is 9.55 Å². The van der Waals surface area contributed by atoms with Crippen molar-refractivity contribution in [2.45, 2.75) is 45.0 Å². The molecule has 3 rings (SSSR count). The second kappa shape index (κ2) is 4.58. The average molecular weight is 263 g/mol. The summed E-state index contributed by atoms with van der Waals surface area (Å²) in [6, 6.07) is 6.95. The van der Waals surface area contributed by atoms with Crippen molar-refractivity contribution < 1.29 is 0 Å². The Bertz CT molecular complexity index is 573. The summed E-state index contributed by atoms with van der Waals surface area (Å²) in [5, 5.41) is 0. The van der Waals surface area contributed by atoms with Crippen molar-refractivity contribution in [3.8, 4) is 0 Å². The Labute approximate surface area is 113 Å². The van der Waals surface area contributed by atoms with Gasteiger partial charge in [0, 0.05) is 6.04 Å². The lowest BCUT2D eigenvalue weighted by molar-refractivity contribution is 0.605. The predicted molar refractivity (Wildman–Crippen MR) is 76.1 cm³/mol. The van der Waals surface area contributed by atoms with Gasteiger partial charge in [-0.15, -0.1) is 11.6 Å². The highest BCUT2D eigenvalue weighted by molar-refractivity contribution is 6.16. The summed E-state index contributed by atoms with van der Waals surface area (Å²) in [5.74, 6) is 2.36. The third kappa shape index (κ3) is 1.83. The zero-order valence-electron chi connectivity index (χ0n) is 11.0. The number of hydrogen-bond acceptors (Lipinski definition) is 1. The molecular weight excluding hydrogens is 244 g/mol. The van der Waals surface area contributed by atoms with E-state index in [1.54, 1.807) is 0 Å². The van der Waals surface area contributed by atoms with E-state index >= 15 is 0 Å². The number of imidazole rings is 1. The van der Waals surface area contributed by atoms with E-state index in [0.717, 1.165) is 17.3 Å². The van der Waals surface area contributed by atoms with Gasteiger partial charge in [-0.2, -0.15) is 0 Å². The first kappa shape index (κ1) is 12.0. The van der Waals surface area contributed by atoms with E-state index < -0.39 is 0 Å². The van der Waals surface area contributed by atoms with Crippen LogP contribution < -0.4 is 0 Å². The van der Waals surface area contributed by atoms with Crippen LogP contribution in [-0.2, 0) is 5.88 Å². The van der Waals surface area contributed by atoms with E-state index in [1.165, 1.54) is 30.3 Å². The second-order valence-corrected chi connectivity index (χ2v) is 5.59. The quantitative estimate of drug-likeness (QED) is 0.745. The topological polar surface area (TPSA) is 17.8 Å². The Kier molecular flexibility index (Phi) is 3.06. The fourth-order valence-electron chi connectivity index (χ4n) is 3.05. The maximum absolute atomic E-state index is 6.07. The monoisotopic (exact) mass is 262 g/mol. The normalized spacial score (nSPS) is 22.6. The van der Waals surface area contributed by atoms with Gasteiger partial charge in [-0.25, -0.2) is 4.98 Å². The van der Waals surface area contributed by atoms with Crippen LogP contribution in [-0.4, -0.2) is 9.55 Å². The zero-order chi connectivity index (χ0) is 12.7. The molecule has 3 heteroatoms. The molecule has 2 aromatic rings. The number of nitrogens with zero attached hydrogens (tertiary/aromatic N) is 2. The molecule has 0 aliphatic heterocycles. The molecule has 2 atom stereocenters. The molecule has 0 bridgehead atoms. The van der Waals surface area contributed by atoms with E-state index in [1.807, 2.05) is 0 Å².